The molecule has 2 heterocycles. The molecule has 8 nitrogen and oxygen atoms in total. The maximum atomic E-state index is 12.8. The van der Waals surface area contributed by atoms with E-state index in [2.05, 4.69) is 0 Å². The van der Waals surface area contributed by atoms with Gasteiger partial charge >= 0.3 is 5.97 Å². The lowest BCUT2D eigenvalue weighted by Crippen LogP contribution is -2.15. The summed E-state index contributed by atoms with van der Waals surface area (Å²) < 4.78 is 28.5. The molecule has 0 saturated carbocycles. The molecule has 1 aliphatic heterocycles. The van der Waals surface area contributed by atoms with E-state index in [0.717, 1.165) is 22.7 Å². The van der Waals surface area contributed by atoms with Gasteiger partial charge in [0.25, 0.3) is 0 Å². The van der Waals surface area contributed by atoms with Crippen molar-refractivity contribution in [2.45, 2.75) is 20.4 Å². The van der Waals surface area contributed by atoms with Gasteiger partial charge in [-0.05, 0) is 55.8 Å². The Morgan fingerprint density at radius 3 is 2.45 bits per heavy atom. The summed E-state index contributed by atoms with van der Waals surface area (Å²) in [7, 11) is 2.99. The fraction of sp³-hybridized carbons (Fsp3) is 0.280. The maximum absolute atomic E-state index is 12.8. The molecule has 1 aromatic heterocycles. The van der Waals surface area contributed by atoms with Gasteiger partial charge in [0.2, 0.25) is 12.6 Å². The van der Waals surface area contributed by atoms with Crippen LogP contribution in [0.15, 0.2) is 42.5 Å². The first kappa shape index (κ1) is 22.3. The van der Waals surface area contributed by atoms with Crippen LogP contribution >= 0.6 is 0 Å². The third-order valence-corrected chi connectivity index (χ3v) is 5.61. The average molecular weight is 451 g/mol. The van der Waals surface area contributed by atoms with Gasteiger partial charge in [-0.1, -0.05) is 6.07 Å². The highest BCUT2D eigenvalue weighted by Crippen LogP contribution is 2.33. The molecule has 4 rings (SSSR count). The van der Waals surface area contributed by atoms with Crippen LogP contribution in [0.3, 0.4) is 0 Å². The molecule has 3 aromatic rings. The molecule has 0 amide bonds. The van der Waals surface area contributed by atoms with Crippen molar-refractivity contribution in [3.05, 3.63) is 70.5 Å². The van der Waals surface area contributed by atoms with Gasteiger partial charge < -0.3 is 28.3 Å². The zero-order valence-corrected chi connectivity index (χ0v) is 19.0. The van der Waals surface area contributed by atoms with Crippen LogP contribution in [0.4, 0.5) is 0 Å². The second-order valence-electron chi connectivity index (χ2n) is 7.63. The molecule has 33 heavy (non-hydrogen) atoms. The van der Waals surface area contributed by atoms with Crippen LogP contribution in [-0.2, 0) is 11.3 Å². The van der Waals surface area contributed by atoms with Crippen LogP contribution in [0.25, 0.3) is 0 Å². The third kappa shape index (κ3) is 4.50. The molecule has 172 valence electrons. The highest BCUT2D eigenvalue weighted by Gasteiger charge is 2.20. The van der Waals surface area contributed by atoms with Crippen molar-refractivity contribution in [3.63, 3.8) is 0 Å². The van der Waals surface area contributed by atoms with E-state index < -0.39 is 5.97 Å². The van der Waals surface area contributed by atoms with Gasteiger partial charge in [0.05, 0.1) is 19.8 Å². The topological polar surface area (TPSA) is 85.2 Å². The minimum atomic E-state index is -0.613. The van der Waals surface area contributed by atoms with Crippen molar-refractivity contribution < 1.29 is 33.3 Å². The minimum Gasteiger partial charge on any atom is -0.493 e. The fourth-order valence-electron chi connectivity index (χ4n) is 3.80. The first-order chi connectivity index (χ1) is 15.9. The van der Waals surface area contributed by atoms with Crippen molar-refractivity contribution >= 4 is 11.8 Å². The number of carbonyl (C=O) groups is 2. The number of Topliss-reactive ketones (excluding diaryl/α,β-unsaturated/α-hetero) is 1. The molecule has 2 aromatic carbocycles. The number of nitrogens with zero attached hydrogens (tertiary/aromatic N) is 1. The molecule has 0 spiro atoms. The number of hydrogen-bond acceptors (Lipinski definition) is 7. The summed E-state index contributed by atoms with van der Waals surface area (Å²) in [6.07, 6.45) is 0. The smallest absolute Gasteiger partial charge is 0.338 e. The maximum Gasteiger partial charge on any atom is 0.338 e. The van der Waals surface area contributed by atoms with Gasteiger partial charge in [0.1, 0.15) is 0 Å². The molecule has 0 fully saturated rings. The summed E-state index contributed by atoms with van der Waals surface area (Å²) in [6, 6.07) is 12.3. The molecule has 0 N–H and O–H groups in total. The van der Waals surface area contributed by atoms with Crippen LogP contribution in [-0.4, -0.2) is 43.9 Å². The molecule has 0 saturated heterocycles. The lowest BCUT2D eigenvalue weighted by molar-refractivity contribution is 0.0474. The number of rotatable bonds is 8. The monoisotopic (exact) mass is 451 g/mol. The van der Waals surface area contributed by atoms with Crippen LogP contribution in [0.5, 0.6) is 23.0 Å². The number of ketones is 1. The largest absolute Gasteiger partial charge is 0.493 e. The number of aromatic nitrogens is 1. The molecule has 0 aliphatic carbocycles. The molecule has 0 bridgehead atoms. The molecule has 0 radical (unpaired) electrons. The van der Waals surface area contributed by atoms with Crippen LogP contribution in [0, 0.1) is 13.8 Å². The van der Waals surface area contributed by atoms with Gasteiger partial charge in [-0.25, -0.2) is 4.79 Å². The van der Waals surface area contributed by atoms with Crippen molar-refractivity contribution in [2.75, 3.05) is 27.6 Å². The van der Waals surface area contributed by atoms with Gasteiger partial charge in [-0.3, -0.25) is 4.79 Å². The third-order valence-electron chi connectivity index (χ3n) is 5.61. The van der Waals surface area contributed by atoms with Crippen LogP contribution < -0.4 is 18.9 Å². The highest BCUT2D eigenvalue weighted by atomic mass is 16.7. The number of aryl methyl sites for hydroxylation is 1. The normalized spacial score (nSPS) is 11.9. The van der Waals surface area contributed by atoms with E-state index in [1.165, 1.54) is 20.3 Å². The zero-order chi connectivity index (χ0) is 23.5. The summed E-state index contributed by atoms with van der Waals surface area (Å²) in [5, 5.41) is 0. The Kier molecular flexibility index (Phi) is 6.26. The van der Waals surface area contributed by atoms with Gasteiger partial charge in [0.15, 0.2) is 29.6 Å². The van der Waals surface area contributed by atoms with Crippen LogP contribution in [0.2, 0.25) is 0 Å². The van der Waals surface area contributed by atoms with E-state index in [1.807, 2.05) is 42.7 Å². The van der Waals surface area contributed by atoms with Crippen LogP contribution in [0.1, 0.15) is 37.7 Å². The summed E-state index contributed by atoms with van der Waals surface area (Å²) in [4.78, 5) is 25.3. The fourth-order valence-corrected chi connectivity index (χ4v) is 3.80. The first-order valence-electron chi connectivity index (χ1n) is 10.4. The van der Waals surface area contributed by atoms with E-state index in [0.29, 0.717) is 29.4 Å². The first-order valence-corrected chi connectivity index (χ1v) is 10.4. The van der Waals surface area contributed by atoms with Crippen molar-refractivity contribution in [3.8, 4) is 23.0 Å². The summed E-state index contributed by atoms with van der Waals surface area (Å²) in [5.74, 6) is 1.47. The zero-order valence-electron chi connectivity index (χ0n) is 19.0. The Bertz CT molecular complexity index is 1210. The molecule has 0 atom stereocenters. The second kappa shape index (κ2) is 9.28. The molecular formula is C25H25NO7. The van der Waals surface area contributed by atoms with Gasteiger partial charge in [-0.2, -0.15) is 0 Å². The molecule has 8 heteroatoms. The standard InChI is InChI=1S/C25H25NO7/c1-15-9-19(16(2)26(15)12-17-5-7-22-24(10-17)33-14-32-22)20(27)13-31-25(28)18-6-8-21(29-3)23(11-18)30-4/h5-11H,12-14H2,1-4H3. The quantitative estimate of drug-likeness (QED) is 0.379. The van der Waals surface area contributed by atoms with E-state index in [4.69, 9.17) is 23.7 Å². The Morgan fingerprint density at radius 2 is 1.70 bits per heavy atom. The molecule has 0 unspecified atom stereocenters. The second-order valence-corrected chi connectivity index (χ2v) is 7.63. The summed E-state index contributed by atoms with van der Waals surface area (Å²) in [5.41, 5.74) is 3.55. The Balaban J connectivity index is 1.44. The molecular weight excluding hydrogens is 426 g/mol. The van der Waals surface area contributed by atoms with E-state index in [-0.39, 0.29) is 24.7 Å². The highest BCUT2D eigenvalue weighted by molar-refractivity contribution is 6.00. The Hall–Kier alpha value is -3.94. The number of ether oxygens (including phenoxy) is 5. The summed E-state index contributed by atoms with van der Waals surface area (Å²) >= 11 is 0. The summed E-state index contributed by atoms with van der Waals surface area (Å²) in [6.45, 7) is 4.26. The van der Waals surface area contributed by atoms with Crippen molar-refractivity contribution in [1.82, 2.24) is 4.57 Å². The average Bonchev–Trinajstić information content (AvgIpc) is 3.41. The lowest BCUT2D eigenvalue weighted by Gasteiger charge is -2.11. The number of esters is 1. The Morgan fingerprint density at radius 1 is 0.939 bits per heavy atom. The predicted molar refractivity (Wildman–Crippen MR) is 120 cm³/mol. The predicted octanol–water partition coefficient (Wildman–Crippen LogP) is 3.94. The van der Waals surface area contributed by atoms with Crippen molar-refractivity contribution in [1.29, 1.82) is 0 Å². The minimum absolute atomic E-state index is 0.223. The van der Waals surface area contributed by atoms with Gasteiger partial charge in [0, 0.05) is 23.5 Å². The number of hydrogen-bond donors (Lipinski definition) is 0. The van der Waals surface area contributed by atoms with E-state index in [1.54, 1.807) is 12.1 Å². The number of benzene rings is 2. The molecule has 1 aliphatic rings. The van der Waals surface area contributed by atoms with E-state index >= 15 is 0 Å². The van der Waals surface area contributed by atoms with E-state index in [9.17, 15) is 9.59 Å². The SMILES string of the molecule is COc1ccc(C(=O)OCC(=O)c2cc(C)n(Cc3ccc4c(c3)OCO4)c2C)cc1OC. The number of fused-ring (bicyclic) bond motifs is 1. The van der Waals surface area contributed by atoms with Crippen molar-refractivity contribution in [2.24, 2.45) is 0 Å². The Labute approximate surface area is 191 Å². The number of methoxy groups -OCH3 is 2. The van der Waals surface area contributed by atoms with Gasteiger partial charge in [-0.15, -0.1) is 0 Å². The number of carbonyl (C=O) groups excluding carboxylic acids is 2. The lowest BCUT2D eigenvalue weighted by atomic mass is 10.1.